The first-order valence-electron chi connectivity index (χ1n) is 10.7. The van der Waals surface area contributed by atoms with E-state index >= 15 is 0 Å². The Morgan fingerprint density at radius 1 is 0.750 bits per heavy atom. The lowest BCUT2D eigenvalue weighted by Crippen LogP contribution is -2.07. The number of aromatic nitrogens is 2. The maximum absolute atomic E-state index is 14.3. The van der Waals surface area contributed by atoms with Crippen LogP contribution in [0.4, 0.5) is 17.6 Å². The molecule has 4 nitrogen and oxygen atoms in total. The first kappa shape index (κ1) is 22.1. The number of nitrogens with zero attached hydrogens (tertiary/aromatic N) is 2. The van der Waals surface area contributed by atoms with Crippen molar-refractivity contribution in [2.45, 2.75) is 0 Å². The second kappa shape index (κ2) is 8.10. The van der Waals surface area contributed by atoms with E-state index in [2.05, 4.69) is 4.98 Å². The Morgan fingerprint density at radius 3 is 1.89 bits per heavy atom. The van der Waals surface area contributed by atoms with Gasteiger partial charge in [0.25, 0.3) is 0 Å². The van der Waals surface area contributed by atoms with Crippen LogP contribution in [0.25, 0.3) is 32.6 Å². The monoisotopic (exact) mass is 504 g/mol. The molecule has 0 N–H and O–H groups in total. The summed E-state index contributed by atoms with van der Waals surface area (Å²) < 4.78 is 57.9. The molecule has 0 amide bonds. The Kier molecular flexibility index (Phi) is 4.97. The van der Waals surface area contributed by atoms with Crippen molar-refractivity contribution >= 4 is 39.3 Å². The van der Waals surface area contributed by atoms with Crippen LogP contribution in [0, 0.1) is 23.3 Å². The maximum atomic E-state index is 14.3. The van der Waals surface area contributed by atoms with Crippen molar-refractivity contribution in [3.05, 3.63) is 113 Å². The summed E-state index contributed by atoms with van der Waals surface area (Å²) in [6.07, 6.45) is 1.10. The summed E-state index contributed by atoms with van der Waals surface area (Å²) in [6.45, 7) is 0. The molecular weight excluding hydrogens is 492 g/mol. The number of halogens is 4. The molecule has 176 valence electrons. The molecule has 1 aliphatic carbocycles. The highest BCUT2D eigenvalue weighted by molar-refractivity contribution is 7.21. The van der Waals surface area contributed by atoms with Crippen LogP contribution in [0.3, 0.4) is 0 Å². The van der Waals surface area contributed by atoms with E-state index in [4.69, 9.17) is 0 Å². The number of rotatable bonds is 3. The van der Waals surface area contributed by atoms with Gasteiger partial charge in [-0.2, -0.15) is 0 Å². The first-order chi connectivity index (χ1) is 17.4. The van der Waals surface area contributed by atoms with Crippen LogP contribution in [-0.4, -0.2) is 21.1 Å². The SMILES string of the molecule is O=C1C(=Cc2nc3sc(-c4ccccc4)cc3n2-c2ccccc2)C(=O)c2c(F)c(F)c(F)c(F)c21. The van der Waals surface area contributed by atoms with Crippen molar-refractivity contribution in [1.82, 2.24) is 9.55 Å². The summed E-state index contributed by atoms with van der Waals surface area (Å²) in [4.78, 5) is 31.8. The third kappa shape index (κ3) is 3.16. The van der Waals surface area contributed by atoms with Gasteiger partial charge in [0.15, 0.2) is 23.3 Å². The number of allylic oxidation sites excluding steroid dienone is 1. The number of Topliss-reactive ketones (excluding diaryl/α,β-unsaturated/α-hetero) is 2. The minimum absolute atomic E-state index is 0.147. The molecule has 3 aromatic carbocycles. The van der Waals surface area contributed by atoms with Gasteiger partial charge in [-0.05, 0) is 29.8 Å². The molecule has 0 spiro atoms. The van der Waals surface area contributed by atoms with E-state index < -0.39 is 51.5 Å². The smallest absolute Gasteiger partial charge is 0.201 e. The zero-order chi connectivity index (χ0) is 25.1. The number of para-hydroxylation sites is 1. The fourth-order valence-electron chi connectivity index (χ4n) is 4.27. The van der Waals surface area contributed by atoms with Crippen molar-refractivity contribution in [1.29, 1.82) is 0 Å². The highest BCUT2D eigenvalue weighted by Crippen LogP contribution is 2.38. The molecule has 0 radical (unpaired) electrons. The van der Waals surface area contributed by atoms with Gasteiger partial charge in [-0.25, -0.2) is 22.5 Å². The van der Waals surface area contributed by atoms with Crippen molar-refractivity contribution < 1.29 is 27.2 Å². The van der Waals surface area contributed by atoms with Crippen LogP contribution in [0.5, 0.6) is 0 Å². The zero-order valence-corrected chi connectivity index (χ0v) is 18.9. The third-order valence-corrected chi connectivity index (χ3v) is 7.00. The third-order valence-electron chi connectivity index (χ3n) is 5.94. The number of benzene rings is 3. The molecule has 0 unspecified atom stereocenters. The Morgan fingerprint density at radius 2 is 1.31 bits per heavy atom. The highest BCUT2D eigenvalue weighted by atomic mass is 32.1. The fourth-order valence-corrected chi connectivity index (χ4v) is 5.30. The molecule has 2 heterocycles. The number of thiophene rings is 1. The number of hydrogen-bond donors (Lipinski definition) is 0. The Bertz CT molecular complexity index is 1710. The van der Waals surface area contributed by atoms with E-state index in [0.717, 1.165) is 16.5 Å². The van der Waals surface area contributed by atoms with Crippen LogP contribution in [0.1, 0.15) is 26.5 Å². The van der Waals surface area contributed by atoms with E-state index in [1.165, 1.54) is 11.3 Å². The average Bonchev–Trinajstić information content (AvgIpc) is 3.53. The Labute approximate surface area is 204 Å². The predicted molar refractivity (Wildman–Crippen MR) is 127 cm³/mol. The van der Waals surface area contributed by atoms with Crippen molar-refractivity contribution in [2.75, 3.05) is 0 Å². The summed E-state index contributed by atoms with van der Waals surface area (Å²) in [5.41, 5.74) is -0.546. The number of fused-ring (bicyclic) bond motifs is 2. The van der Waals surface area contributed by atoms with Gasteiger partial charge in [-0.3, -0.25) is 14.2 Å². The average molecular weight is 504 g/mol. The number of carbonyl (C=O) groups excluding carboxylic acids is 2. The quantitative estimate of drug-likeness (QED) is 0.0896. The largest absolute Gasteiger partial charge is 0.292 e. The molecule has 0 fully saturated rings. The van der Waals surface area contributed by atoms with E-state index in [1.807, 2.05) is 42.5 Å². The molecule has 9 heteroatoms. The highest BCUT2D eigenvalue weighted by Gasteiger charge is 2.42. The number of imidazole rings is 1. The van der Waals surface area contributed by atoms with Gasteiger partial charge in [0.1, 0.15) is 10.7 Å². The molecule has 0 bridgehead atoms. The molecule has 36 heavy (non-hydrogen) atoms. The van der Waals surface area contributed by atoms with Crippen LogP contribution in [0.2, 0.25) is 0 Å². The summed E-state index contributed by atoms with van der Waals surface area (Å²) in [5, 5.41) is 0. The minimum Gasteiger partial charge on any atom is -0.292 e. The fraction of sp³-hybridized carbons (Fsp3) is 0. The molecule has 1 aliphatic rings. The summed E-state index contributed by atoms with van der Waals surface area (Å²) in [5.74, 6) is -10.4. The second-order valence-corrected chi connectivity index (χ2v) is 9.06. The van der Waals surface area contributed by atoms with Crippen LogP contribution in [0.15, 0.2) is 72.3 Å². The van der Waals surface area contributed by atoms with Crippen molar-refractivity contribution in [3.63, 3.8) is 0 Å². The normalized spacial score (nSPS) is 13.1. The number of ketones is 2. The summed E-state index contributed by atoms with van der Waals surface area (Å²) in [6, 6.07) is 20.5. The molecule has 0 saturated heterocycles. The van der Waals surface area contributed by atoms with Gasteiger partial charge in [0, 0.05) is 10.6 Å². The summed E-state index contributed by atoms with van der Waals surface area (Å²) >= 11 is 1.39. The molecule has 6 rings (SSSR count). The topological polar surface area (TPSA) is 52.0 Å². The Balaban J connectivity index is 1.56. The van der Waals surface area contributed by atoms with Crippen LogP contribution in [-0.2, 0) is 0 Å². The molecular formula is C27H12F4N2O2S. The van der Waals surface area contributed by atoms with Gasteiger partial charge in [0.05, 0.1) is 22.2 Å². The van der Waals surface area contributed by atoms with Crippen molar-refractivity contribution in [2.24, 2.45) is 0 Å². The number of carbonyl (C=O) groups is 2. The molecule has 5 aromatic rings. The van der Waals surface area contributed by atoms with Crippen LogP contribution >= 0.6 is 11.3 Å². The van der Waals surface area contributed by atoms with Crippen molar-refractivity contribution in [3.8, 4) is 16.1 Å². The van der Waals surface area contributed by atoms with Gasteiger partial charge in [0.2, 0.25) is 11.6 Å². The standard InChI is InChI=1S/C27H12F4N2O2S/c28-21-19-20(22(29)24(31)23(21)30)26(35)15(25(19)34)11-18-32-27-16(33(18)14-9-5-2-6-10-14)12-17(36-27)13-7-3-1-4-8-13/h1-12H. The van der Waals surface area contributed by atoms with Gasteiger partial charge < -0.3 is 0 Å². The maximum Gasteiger partial charge on any atom is 0.201 e. The lowest BCUT2D eigenvalue weighted by atomic mass is 10.1. The zero-order valence-electron chi connectivity index (χ0n) is 18.1. The molecule has 0 aliphatic heterocycles. The molecule has 2 aromatic heterocycles. The lowest BCUT2D eigenvalue weighted by Gasteiger charge is -2.07. The van der Waals surface area contributed by atoms with Gasteiger partial charge in [-0.1, -0.05) is 48.5 Å². The first-order valence-corrected chi connectivity index (χ1v) is 11.5. The van der Waals surface area contributed by atoms with E-state index in [0.29, 0.717) is 16.0 Å². The lowest BCUT2D eigenvalue weighted by molar-refractivity contribution is 0.0988. The number of hydrogen-bond acceptors (Lipinski definition) is 4. The van der Waals surface area contributed by atoms with Crippen LogP contribution < -0.4 is 0 Å². The Hall–Kier alpha value is -4.37. The summed E-state index contributed by atoms with van der Waals surface area (Å²) in [7, 11) is 0. The predicted octanol–water partition coefficient (Wildman–Crippen LogP) is 6.77. The molecule has 0 saturated carbocycles. The van der Waals surface area contributed by atoms with Gasteiger partial charge >= 0.3 is 0 Å². The van der Waals surface area contributed by atoms with Gasteiger partial charge in [-0.15, -0.1) is 11.3 Å². The van der Waals surface area contributed by atoms with E-state index in [1.54, 1.807) is 28.8 Å². The minimum atomic E-state index is -2.15. The van der Waals surface area contributed by atoms with E-state index in [-0.39, 0.29) is 5.82 Å². The molecule has 0 atom stereocenters. The second-order valence-electron chi connectivity index (χ2n) is 8.03. The van der Waals surface area contributed by atoms with E-state index in [9.17, 15) is 27.2 Å².